The van der Waals surface area contributed by atoms with Gasteiger partial charge in [0.2, 0.25) is 11.8 Å². The molecule has 0 radical (unpaired) electrons. The van der Waals surface area contributed by atoms with Crippen molar-refractivity contribution in [3.8, 4) is 0 Å². The zero-order valence-corrected chi connectivity index (χ0v) is 25.3. The predicted molar refractivity (Wildman–Crippen MR) is 161 cm³/mol. The number of benzene rings is 1. The number of amides is 2. The van der Waals surface area contributed by atoms with Gasteiger partial charge in [-0.15, -0.1) is 13.2 Å². The molecule has 42 heavy (non-hydrogen) atoms. The Balaban J connectivity index is 1.74. The normalized spacial score (nSPS) is 28.4. The first-order chi connectivity index (χ1) is 20.3. The van der Waals surface area contributed by atoms with Crippen LogP contribution in [0.2, 0.25) is 0 Å². The van der Waals surface area contributed by atoms with Crippen LogP contribution in [0.15, 0.2) is 55.6 Å². The smallest absolute Gasteiger partial charge is 0.312 e. The number of likely N-dealkylation sites (tertiary alicyclic amines) is 1. The van der Waals surface area contributed by atoms with Crippen LogP contribution in [0.4, 0.5) is 0 Å². The van der Waals surface area contributed by atoms with Gasteiger partial charge in [0.25, 0.3) is 0 Å². The van der Waals surface area contributed by atoms with E-state index < -0.39 is 41.1 Å². The maximum Gasteiger partial charge on any atom is 0.312 e. The van der Waals surface area contributed by atoms with Crippen LogP contribution < -0.4 is 0 Å². The van der Waals surface area contributed by atoms with Gasteiger partial charge in [0.05, 0.1) is 30.8 Å². The second-order valence-electron chi connectivity index (χ2n) is 12.0. The Hall–Kier alpha value is -2.97. The molecule has 8 heteroatoms. The molecule has 2 amide bonds. The zero-order chi connectivity index (χ0) is 30.3. The SMILES string of the molecule is C=CCCCCOC(=O)[C@H]1[C@H]2C(=O)N([C@@H](CO)Cc3ccccc3)C(C(=O)N(CC=C)CCCC)C23CC[C@]1(CC)O3. The lowest BCUT2D eigenvalue weighted by Gasteiger charge is -2.39. The predicted octanol–water partition coefficient (Wildman–Crippen LogP) is 4.46. The number of allylic oxidation sites excluding steroid dienone is 1. The van der Waals surface area contributed by atoms with Crippen molar-refractivity contribution in [1.29, 1.82) is 0 Å². The molecule has 3 aliphatic rings. The Bertz CT molecular complexity index is 1120. The van der Waals surface area contributed by atoms with E-state index in [9.17, 15) is 19.5 Å². The molecule has 3 saturated heterocycles. The first-order valence-electron chi connectivity index (χ1n) is 15.7. The molecule has 1 N–H and O–H groups in total. The fourth-order valence-electron chi connectivity index (χ4n) is 7.45. The quantitative estimate of drug-likeness (QED) is 0.166. The van der Waals surface area contributed by atoms with E-state index in [1.807, 2.05) is 43.3 Å². The van der Waals surface area contributed by atoms with Gasteiger partial charge in [0.15, 0.2) is 0 Å². The number of rotatable bonds is 17. The third-order valence-corrected chi connectivity index (χ3v) is 9.51. The van der Waals surface area contributed by atoms with E-state index in [1.54, 1.807) is 15.9 Å². The highest BCUT2D eigenvalue weighted by Gasteiger charge is 2.79. The van der Waals surface area contributed by atoms with Gasteiger partial charge < -0.3 is 24.4 Å². The second-order valence-corrected chi connectivity index (χ2v) is 12.0. The number of hydrogen-bond acceptors (Lipinski definition) is 6. The minimum Gasteiger partial charge on any atom is -0.465 e. The van der Waals surface area contributed by atoms with Crippen LogP contribution in [0, 0.1) is 11.8 Å². The molecule has 1 aromatic rings. The molecule has 2 unspecified atom stereocenters. The average Bonchev–Trinajstić information content (AvgIpc) is 3.61. The fourth-order valence-corrected chi connectivity index (χ4v) is 7.45. The van der Waals surface area contributed by atoms with Crippen molar-refractivity contribution in [2.75, 3.05) is 26.3 Å². The molecule has 0 aliphatic carbocycles. The molecule has 230 valence electrons. The number of fused-ring (bicyclic) bond motifs is 1. The highest BCUT2D eigenvalue weighted by Crippen LogP contribution is 2.65. The molecule has 2 bridgehead atoms. The first kappa shape index (κ1) is 32.0. The van der Waals surface area contributed by atoms with Crippen molar-refractivity contribution in [3.63, 3.8) is 0 Å². The molecule has 3 heterocycles. The van der Waals surface area contributed by atoms with Crippen LogP contribution in [0.3, 0.4) is 0 Å². The summed E-state index contributed by atoms with van der Waals surface area (Å²) in [5, 5.41) is 10.7. The third-order valence-electron chi connectivity index (χ3n) is 9.51. The molecule has 8 nitrogen and oxygen atoms in total. The summed E-state index contributed by atoms with van der Waals surface area (Å²) >= 11 is 0. The largest absolute Gasteiger partial charge is 0.465 e. The lowest BCUT2D eigenvalue weighted by Crippen LogP contribution is -2.59. The molecular weight excluding hydrogens is 532 g/mol. The van der Waals surface area contributed by atoms with Crippen molar-refractivity contribution >= 4 is 17.8 Å². The van der Waals surface area contributed by atoms with Gasteiger partial charge in [-0.1, -0.05) is 62.8 Å². The number of carbonyl (C=O) groups excluding carboxylic acids is 3. The highest BCUT2D eigenvalue weighted by molar-refractivity contribution is 5.98. The number of hydrogen-bond donors (Lipinski definition) is 1. The summed E-state index contributed by atoms with van der Waals surface area (Å²) in [6.07, 6.45) is 9.65. The van der Waals surface area contributed by atoms with E-state index in [0.717, 1.165) is 31.2 Å². The van der Waals surface area contributed by atoms with E-state index in [0.29, 0.717) is 45.2 Å². The van der Waals surface area contributed by atoms with Crippen LogP contribution in [-0.4, -0.2) is 82.3 Å². The number of carbonyl (C=O) groups is 3. The summed E-state index contributed by atoms with van der Waals surface area (Å²) in [4.78, 5) is 46.2. The Morgan fingerprint density at radius 1 is 1.17 bits per heavy atom. The number of unbranched alkanes of at least 4 members (excludes halogenated alkanes) is 3. The topological polar surface area (TPSA) is 96.4 Å². The maximum atomic E-state index is 14.6. The van der Waals surface area contributed by atoms with Crippen LogP contribution in [-0.2, 0) is 30.3 Å². The monoisotopic (exact) mass is 580 g/mol. The fraction of sp³-hybridized carbons (Fsp3) is 0.618. The summed E-state index contributed by atoms with van der Waals surface area (Å²) in [6.45, 7) is 12.5. The van der Waals surface area contributed by atoms with Crippen molar-refractivity contribution in [3.05, 3.63) is 61.2 Å². The van der Waals surface area contributed by atoms with Crippen LogP contribution in [0.5, 0.6) is 0 Å². The number of aliphatic hydroxyl groups is 1. The van der Waals surface area contributed by atoms with Gasteiger partial charge in [-0.05, 0) is 56.9 Å². The van der Waals surface area contributed by atoms with Gasteiger partial charge in [-0.25, -0.2) is 0 Å². The molecule has 6 atom stereocenters. The van der Waals surface area contributed by atoms with Crippen LogP contribution >= 0.6 is 0 Å². The van der Waals surface area contributed by atoms with Gasteiger partial charge in [-0.3, -0.25) is 14.4 Å². The average molecular weight is 581 g/mol. The number of ether oxygens (including phenoxy) is 2. The molecule has 4 rings (SSSR count). The molecular formula is C34H48N2O6. The zero-order valence-electron chi connectivity index (χ0n) is 25.3. The van der Waals surface area contributed by atoms with Crippen molar-refractivity contribution in [2.24, 2.45) is 11.8 Å². The highest BCUT2D eigenvalue weighted by atomic mass is 16.6. The van der Waals surface area contributed by atoms with Gasteiger partial charge >= 0.3 is 5.97 Å². The van der Waals surface area contributed by atoms with Crippen molar-refractivity contribution in [1.82, 2.24) is 9.80 Å². The van der Waals surface area contributed by atoms with Crippen LogP contribution in [0.25, 0.3) is 0 Å². The molecule has 1 spiro atoms. The minimum atomic E-state index is -1.16. The Morgan fingerprint density at radius 2 is 1.93 bits per heavy atom. The van der Waals surface area contributed by atoms with Crippen molar-refractivity contribution in [2.45, 2.75) is 94.9 Å². The summed E-state index contributed by atoms with van der Waals surface area (Å²) in [5.74, 6) is -2.59. The number of aliphatic hydroxyl groups excluding tert-OH is 1. The molecule has 3 aliphatic heterocycles. The maximum absolute atomic E-state index is 14.6. The van der Waals surface area contributed by atoms with Gasteiger partial charge in [-0.2, -0.15) is 0 Å². The minimum absolute atomic E-state index is 0.212. The lowest BCUT2D eigenvalue weighted by atomic mass is 9.65. The summed E-state index contributed by atoms with van der Waals surface area (Å²) in [7, 11) is 0. The Kier molecular flexibility index (Phi) is 10.7. The first-order valence-corrected chi connectivity index (χ1v) is 15.7. The molecule has 0 aromatic heterocycles. The molecule has 3 fully saturated rings. The van der Waals surface area contributed by atoms with E-state index >= 15 is 0 Å². The van der Waals surface area contributed by atoms with E-state index in [2.05, 4.69) is 20.1 Å². The van der Waals surface area contributed by atoms with E-state index in [4.69, 9.17) is 9.47 Å². The van der Waals surface area contributed by atoms with Crippen LogP contribution in [0.1, 0.15) is 70.8 Å². The number of nitrogens with zero attached hydrogens (tertiary/aromatic N) is 2. The third kappa shape index (κ3) is 5.80. The van der Waals surface area contributed by atoms with Gasteiger partial charge in [0.1, 0.15) is 17.6 Å². The second kappa shape index (κ2) is 14.0. The van der Waals surface area contributed by atoms with E-state index in [-0.39, 0.29) is 25.0 Å². The standard InChI is InChI=1S/C34H48N2O6/c1-5-9-11-15-22-41-32(40)28-27-30(38)36(26(24-37)23-25-16-13-12-14-17-25)29(31(39)35(20-7-3)21-10-6-2)34(27)19-18-33(28,8-4)42-34/h5,7,12-14,16-17,26-29,37H,1,3,6,8-11,15,18-24H2,2,4H3/t26-,27+,28-,29?,33+,34?/m1/s1. The summed E-state index contributed by atoms with van der Waals surface area (Å²) in [5.41, 5.74) is -1.07. The summed E-state index contributed by atoms with van der Waals surface area (Å²) < 4.78 is 12.7. The molecule has 0 saturated carbocycles. The Labute approximate surface area is 250 Å². The van der Waals surface area contributed by atoms with E-state index in [1.165, 1.54) is 0 Å². The Morgan fingerprint density at radius 3 is 2.57 bits per heavy atom. The van der Waals surface area contributed by atoms with Crippen molar-refractivity contribution < 1.29 is 29.0 Å². The van der Waals surface area contributed by atoms with Gasteiger partial charge in [0, 0.05) is 13.1 Å². The lowest BCUT2D eigenvalue weighted by molar-refractivity contribution is -0.163. The summed E-state index contributed by atoms with van der Waals surface area (Å²) in [6, 6.07) is 8.04. The molecule has 1 aromatic carbocycles. The number of esters is 1.